The molecule has 1 heterocycles. The van der Waals surface area contributed by atoms with Gasteiger partial charge in [0.2, 0.25) is 0 Å². The number of para-hydroxylation sites is 2. The zero-order valence-electron chi connectivity index (χ0n) is 11.7. The lowest BCUT2D eigenvalue weighted by atomic mass is 10.2. The van der Waals surface area contributed by atoms with Crippen molar-refractivity contribution in [3.05, 3.63) is 59.9 Å². The molecule has 0 fully saturated rings. The van der Waals surface area contributed by atoms with Crippen LogP contribution < -0.4 is 13.8 Å². The van der Waals surface area contributed by atoms with Gasteiger partial charge in [-0.05, 0) is 18.2 Å². The Morgan fingerprint density at radius 3 is 2.68 bits per heavy atom. The lowest BCUT2D eigenvalue weighted by Crippen LogP contribution is -2.44. The molecule has 2 aromatic carbocycles. The van der Waals surface area contributed by atoms with Crippen molar-refractivity contribution in [1.29, 1.82) is 0 Å². The van der Waals surface area contributed by atoms with Gasteiger partial charge >= 0.3 is 10.2 Å². The number of hydrogen-bond acceptors (Lipinski definition) is 3. The highest BCUT2D eigenvalue weighted by Crippen LogP contribution is 2.32. The summed E-state index contributed by atoms with van der Waals surface area (Å²) in [6.07, 6.45) is 0. The molecule has 0 aliphatic carbocycles. The predicted molar refractivity (Wildman–Crippen MR) is 81.4 cm³/mol. The van der Waals surface area contributed by atoms with Gasteiger partial charge in [0.05, 0.1) is 12.2 Å². The molecule has 3 rings (SSSR count). The van der Waals surface area contributed by atoms with E-state index < -0.39 is 16.0 Å². The van der Waals surface area contributed by atoms with Crippen molar-refractivity contribution in [3.8, 4) is 5.75 Å². The maximum absolute atomic E-state index is 13.6. The highest BCUT2D eigenvalue weighted by molar-refractivity contribution is 7.90. The van der Waals surface area contributed by atoms with E-state index in [2.05, 4.69) is 4.72 Å². The minimum atomic E-state index is -3.78. The van der Waals surface area contributed by atoms with Gasteiger partial charge in [-0.1, -0.05) is 30.3 Å². The number of nitrogens with zero attached hydrogens (tertiary/aromatic N) is 1. The number of hydrogen-bond donors (Lipinski definition) is 1. The van der Waals surface area contributed by atoms with Crippen LogP contribution in [0.1, 0.15) is 5.56 Å². The summed E-state index contributed by atoms with van der Waals surface area (Å²) in [5, 5.41) is 0. The normalized spacial score (nSPS) is 14.3. The first-order chi connectivity index (χ1) is 10.6. The Kier molecular flexibility index (Phi) is 4.00. The summed E-state index contributed by atoms with van der Waals surface area (Å²) in [4.78, 5) is 0. The van der Waals surface area contributed by atoms with Gasteiger partial charge in [-0.3, -0.25) is 4.31 Å². The summed E-state index contributed by atoms with van der Waals surface area (Å²) >= 11 is 0. The molecule has 2 aromatic rings. The van der Waals surface area contributed by atoms with Crippen molar-refractivity contribution in [3.63, 3.8) is 0 Å². The number of fused-ring (bicyclic) bond motifs is 1. The van der Waals surface area contributed by atoms with Crippen molar-refractivity contribution in [2.45, 2.75) is 6.54 Å². The summed E-state index contributed by atoms with van der Waals surface area (Å²) in [5.41, 5.74) is 0.780. The number of anilines is 1. The summed E-state index contributed by atoms with van der Waals surface area (Å²) in [6.45, 7) is 0.385. The Balaban J connectivity index is 1.81. The third-order valence-electron chi connectivity index (χ3n) is 3.38. The van der Waals surface area contributed by atoms with Crippen molar-refractivity contribution in [1.82, 2.24) is 4.72 Å². The minimum Gasteiger partial charge on any atom is -0.489 e. The molecule has 0 saturated heterocycles. The largest absolute Gasteiger partial charge is 0.489 e. The van der Waals surface area contributed by atoms with Crippen LogP contribution >= 0.6 is 0 Å². The maximum atomic E-state index is 13.6. The summed E-state index contributed by atoms with van der Waals surface area (Å²) in [6, 6.07) is 13.0. The zero-order valence-corrected chi connectivity index (χ0v) is 12.5. The van der Waals surface area contributed by atoms with Crippen LogP contribution in [0.2, 0.25) is 0 Å². The molecule has 22 heavy (non-hydrogen) atoms. The topological polar surface area (TPSA) is 58.6 Å². The molecule has 116 valence electrons. The zero-order chi connectivity index (χ0) is 15.6. The highest BCUT2D eigenvalue weighted by Gasteiger charge is 2.28. The van der Waals surface area contributed by atoms with E-state index in [1.54, 1.807) is 42.5 Å². The van der Waals surface area contributed by atoms with Crippen molar-refractivity contribution in [2.75, 3.05) is 17.5 Å². The first kappa shape index (κ1) is 14.8. The molecule has 5 nitrogen and oxygen atoms in total. The van der Waals surface area contributed by atoms with E-state index in [4.69, 9.17) is 4.74 Å². The van der Waals surface area contributed by atoms with Crippen molar-refractivity contribution in [2.24, 2.45) is 0 Å². The van der Waals surface area contributed by atoms with Crippen LogP contribution in [0.25, 0.3) is 0 Å². The SMILES string of the molecule is O=S(=O)(NCc1ccccc1F)N1CCOc2ccccc21. The van der Waals surface area contributed by atoms with Crippen LogP contribution in [0.4, 0.5) is 10.1 Å². The van der Waals surface area contributed by atoms with Gasteiger partial charge in [0.25, 0.3) is 0 Å². The van der Waals surface area contributed by atoms with Crippen LogP contribution in [0.15, 0.2) is 48.5 Å². The fourth-order valence-corrected chi connectivity index (χ4v) is 3.50. The van der Waals surface area contributed by atoms with E-state index in [1.807, 2.05) is 0 Å². The van der Waals surface area contributed by atoms with E-state index in [-0.39, 0.29) is 19.7 Å². The molecule has 7 heteroatoms. The second kappa shape index (κ2) is 5.94. The first-order valence-electron chi connectivity index (χ1n) is 6.80. The van der Waals surface area contributed by atoms with E-state index in [0.717, 1.165) is 0 Å². The lowest BCUT2D eigenvalue weighted by molar-refractivity contribution is 0.315. The Morgan fingerprint density at radius 1 is 1.14 bits per heavy atom. The quantitative estimate of drug-likeness (QED) is 0.937. The Bertz CT molecular complexity index is 780. The average molecular weight is 322 g/mol. The summed E-state index contributed by atoms with van der Waals surface area (Å²) < 4.78 is 47.6. The third-order valence-corrected chi connectivity index (χ3v) is 4.85. The number of nitrogens with one attached hydrogen (secondary N) is 1. The van der Waals surface area contributed by atoms with Gasteiger partial charge in [-0.15, -0.1) is 0 Å². The van der Waals surface area contributed by atoms with Crippen LogP contribution in [0.5, 0.6) is 5.75 Å². The van der Waals surface area contributed by atoms with Gasteiger partial charge in [0, 0.05) is 12.1 Å². The molecule has 0 saturated carbocycles. The fraction of sp³-hybridized carbons (Fsp3) is 0.200. The van der Waals surface area contributed by atoms with Crippen LogP contribution in [0.3, 0.4) is 0 Å². The molecule has 0 spiro atoms. The second-order valence-corrected chi connectivity index (χ2v) is 6.49. The highest BCUT2D eigenvalue weighted by atomic mass is 32.2. The smallest absolute Gasteiger partial charge is 0.302 e. The number of benzene rings is 2. The minimum absolute atomic E-state index is 0.103. The number of rotatable bonds is 4. The van der Waals surface area contributed by atoms with Crippen molar-refractivity contribution >= 4 is 15.9 Å². The Morgan fingerprint density at radius 2 is 1.86 bits per heavy atom. The molecule has 0 atom stereocenters. The van der Waals surface area contributed by atoms with Crippen molar-refractivity contribution < 1.29 is 17.5 Å². The van der Waals surface area contributed by atoms with Gasteiger partial charge in [-0.2, -0.15) is 13.1 Å². The third kappa shape index (κ3) is 2.90. The van der Waals surface area contributed by atoms with Crippen LogP contribution in [0, 0.1) is 5.82 Å². The fourth-order valence-electron chi connectivity index (χ4n) is 2.28. The van der Waals surface area contributed by atoms with Gasteiger partial charge in [0.15, 0.2) is 0 Å². The average Bonchev–Trinajstić information content (AvgIpc) is 2.53. The molecule has 1 aliphatic heterocycles. The molecular formula is C15H15FN2O3S. The van der Waals surface area contributed by atoms with E-state index in [0.29, 0.717) is 17.0 Å². The van der Waals surface area contributed by atoms with Gasteiger partial charge in [-0.25, -0.2) is 4.39 Å². The number of halogens is 1. The van der Waals surface area contributed by atoms with E-state index >= 15 is 0 Å². The van der Waals surface area contributed by atoms with Gasteiger partial charge in [0.1, 0.15) is 18.2 Å². The summed E-state index contributed by atoms with van der Waals surface area (Å²) in [7, 11) is -3.78. The predicted octanol–water partition coefficient (Wildman–Crippen LogP) is 2.06. The van der Waals surface area contributed by atoms with E-state index in [1.165, 1.54) is 10.4 Å². The van der Waals surface area contributed by atoms with Gasteiger partial charge < -0.3 is 4.74 Å². The monoisotopic (exact) mass is 322 g/mol. The standard InChI is InChI=1S/C15H15FN2O3S/c16-13-6-2-1-5-12(13)11-17-22(19,20)18-9-10-21-15-8-4-3-7-14(15)18/h1-8,17H,9-11H2. The Hall–Kier alpha value is -2.12. The molecule has 1 aliphatic rings. The Labute approximate surface area is 128 Å². The molecule has 0 bridgehead atoms. The second-order valence-electron chi connectivity index (χ2n) is 4.81. The molecule has 0 radical (unpaired) electrons. The maximum Gasteiger partial charge on any atom is 0.302 e. The molecule has 1 N–H and O–H groups in total. The molecule has 0 amide bonds. The van der Waals surface area contributed by atoms with E-state index in [9.17, 15) is 12.8 Å². The van der Waals surface area contributed by atoms with Crippen LogP contribution in [-0.2, 0) is 16.8 Å². The lowest BCUT2D eigenvalue weighted by Gasteiger charge is -2.30. The first-order valence-corrected chi connectivity index (χ1v) is 8.24. The summed E-state index contributed by atoms with van der Waals surface area (Å²) in [5.74, 6) is 0.0811. The van der Waals surface area contributed by atoms with Crippen LogP contribution in [-0.4, -0.2) is 21.6 Å². The molecule has 0 aromatic heterocycles. The molecular weight excluding hydrogens is 307 g/mol. The molecule has 0 unspecified atom stereocenters. The number of ether oxygens (including phenoxy) is 1.